The Morgan fingerprint density at radius 3 is 2.53 bits per heavy atom. The third-order valence-corrected chi connectivity index (χ3v) is 14.1. The van der Waals surface area contributed by atoms with Gasteiger partial charge in [-0.25, -0.2) is 4.98 Å². The van der Waals surface area contributed by atoms with Crippen molar-refractivity contribution in [2.24, 2.45) is 10.7 Å². The molecule has 5 heterocycles. The van der Waals surface area contributed by atoms with Gasteiger partial charge in [0.2, 0.25) is 11.8 Å². The van der Waals surface area contributed by atoms with Crippen molar-refractivity contribution in [3.63, 3.8) is 0 Å². The lowest BCUT2D eigenvalue weighted by molar-refractivity contribution is -0.131. The largest absolute Gasteiger partial charge is 0.383 e. The fourth-order valence-corrected chi connectivity index (χ4v) is 10.9. The van der Waals surface area contributed by atoms with Gasteiger partial charge < -0.3 is 47.4 Å². The molecule has 0 radical (unpaired) electrons. The Morgan fingerprint density at radius 1 is 0.938 bits per heavy atom. The normalized spacial score (nSPS) is 19.5. The predicted octanol–water partition coefficient (Wildman–Crippen LogP) is 6.83. The van der Waals surface area contributed by atoms with Crippen molar-refractivity contribution in [1.82, 2.24) is 25.4 Å². The second-order valence-electron chi connectivity index (χ2n) is 16.5. The molecule has 64 heavy (non-hydrogen) atoms. The Morgan fingerprint density at radius 2 is 1.72 bits per heavy atom. The van der Waals surface area contributed by atoms with Crippen molar-refractivity contribution in [3.05, 3.63) is 107 Å². The molecule has 0 spiro atoms. The van der Waals surface area contributed by atoms with Gasteiger partial charge in [0.1, 0.15) is 22.7 Å². The van der Waals surface area contributed by atoms with Crippen LogP contribution in [0.5, 0.6) is 0 Å². The number of thiophene rings is 2. The molecule has 4 atom stereocenters. The molecule has 1 fully saturated rings. The Kier molecular flexibility index (Phi) is 11.8. The van der Waals surface area contributed by atoms with E-state index in [1.165, 1.54) is 23.5 Å². The van der Waals surface area contributed by atoms with Crippen LogP contribution in [-0.4, -0.2) is 102 Å². The molecular weight excluding hydrogens is 847 g/mol. The highest BCUT2D eigenvalue weighted by Crippen LogP contribution is 2.42. The summed E-state index contributed by atoms with van der Waals surface area (Å²) in [4.78, 5) is 69.1. The lowest BCUT2D eigenvalue weighted by atomic mass is 10.1. The topological polar surface area (TPSA) is 198 Å². The van der Waals surface area contributed by atoms with Crippen LogP contribution in [-0.2, 0) is 9.59 Å². The number of amides is 4. The summed E-state index contributed by atoms with van der Waals surface area (Å²) in [6.07, 6.45) is 5.93. The molecule has 328 valence electrons. The van der Waals surface area contributed by atoms with Gasteiger partial charge in [0.25, 0.3) is 11.8 Å². The molecule has 1 saturated carbocycles. The van der Waals surface area contributed by atoms with Crippen molar-refractivity contribution in [3.8, 4) is 0 Å². The van der Waals surface area contributed by atoms with Crippen LogP contribution in [0.4, 0.5) is 28.6 Å². The number of aromatic nitrogens is 1. The van der Waals surface area contributed by atoms with E-state index in [0.29, 0.717) is 70.6 Å². The Balaban J connectivity index is 0.935. The predicted molar refractivity (Wildman–Crippen MR) is 259 cm³/mol. The fourth-order valence-electron chi connectivity index (χ4n) is 8.75. The standard InChI is InChI=1S/C47H49N11O4S2/c1-5-39(60)58(33-13-8-12-32(33)55-46(61)26-15-18-34-28(22-26)41-43(63-34)45(48)51-25(2)23-49-41)37-24-50-42-40-27-16-20-36(52-29(27)17-19-35(40)64-44(42)47(62)56-37)53-30-10-6-7-11-31(30)54-38(59)14-9-21-57(3)4/h5-7,9-11,14-20,22,25,32-33,37,49-50H,1,8,12-13,21,23-24H2,2-4H3,(H2,48,51)(H,52,53)(H,54,59)(H,55,61)(H,56,62). The number of para-hydroxylation sites is 2. The number of fused-ring (bicyclic) bond motifs is 8. The molecule has 2 aliphatic heterocycles. The monoisotopic (exact) mass is 895 g/mol. The minimum Gasteiger partial charge on any atom is -0.383 e. The third-order valence-electron chi connectivity index (χ3n) is 11.7. The first-order chi connectivity index (χ1) is 30.9. The number of benzene rings is 3. The number of hydrogen-bond donors (Lipinski definition) is 7. The van der Waals surface area contributed by atoms with Gasteiger partial charge in [0.05, 0.1) is 51.8 Å². The molecule has 3 aliphatic rings. The number of likely N-dealkylation sites (N-methyl/N-ethyl adjacent to an activating group) is 1. The van der Waals surface area contributed by atoms with Crippen molar-refractivity contribution in [2.45, 2.75) is 50.5 Å². The maximum atomic E-state index is 14.1. The van der Waals surface area contributed by atoms with E-state index >= 15 is 0 Å². The first-order valence-corrected chi connectivity index (χ1v) is 22.9. The molecule has 0 bridgehead atoms. The average Bonchev–Trinajstić information content (AvgIpc) is 3.95. The van der Waals surface area contributed by atoms with Gasteiger partial charge in [-0.2, -0.15) is 0 Å². The summed E-state index contributed by atoms with van der Waals surface area (Å²) < 4.78 is 1.91. The molecule has 9 rings (SSSR count). The molecule has 3 aromatic carbocycles. The van der Waals surface area contributed by atoms with Gasteiger partial charge in [-0.1, -0.05) is 24.8 Å². The summed E-state index contributed by atoms with van der Waals surface area (Å²) in [7, 11) is 3.87. The molecule has 6 aromatic rings. The van der Waals surface area contributed by atoms with E-state index in [9.17, 15) is 19.2 Å². The highest BCUT2D eigenvalue weighted by atomic mass is 32.1. The number of nitrogens with two attached hydrogens (primary N) is 1. The summed E-state index contributed by atoms with van der Waals surface area (Å²) in [6, 6.07) is 20.0. The van der Waals surface area contributed by atoms with Crippen LogP contribution in [0, 0.1) is 0 Å². The quantitative estimate of drug-likeness (QED) is 0.0677. The highest BCUT2D eigenvalue weighted by molar-refractivity contribution is 7.22. The van der Waals surface area contributed by atoms with Crippen LogP contribution in [0.2, 0.25) is 0 Å². The van der Waals surface area contributed by atoms with Crippen LogP contribution < -0.4 is 37.6 Å². The molecular formula is C47H49N11O4S2. The number of amidine groups is 1. The maximum Gasteiger partial charge on any atom is 0.265 e. The van der Waals surface area contributed by atoms with Gasteiger partial charge in [-0.05, 0) is 101 Å². The number of aliphatic imine (C=N–C) groups is 1. The highest BCUT2D eigenvalue weighted by Gasteiger charge is 2.41. The second-order valence-corrected chi connectivity index (χ2v) is 18.6. The summed E-state index contributed by atoms with van der Waals surface area (Å²) in [6.45, 7) is 7.30. The summed E-state index contributed by atoms with van der Waals surface area (Å²) >= 11 is 2.91. The van der Waals surface area contributed by atoms with Crippen LogP contribution >= 0.6 is 22.7 Å². The summed E-state index contributed by atoms with van der Waals surface area (Å²) in [5, 5.41) is 22.3. The lowest BCUT2D eigenvalue weighted by Gasteiger charge is -2.38. The van der Waals surface area contributed by atoms with Crippen LogP contribution in [0.25, 0.3) is 31.1 Å². The van der Waals surface area contributed by atoms with E-state index in [0.717, 1.165) is 42.5 Å². The van der Waals surface area contributed by atoms with Crippen LogP contribution in [0.1, 0.15) is 51.1 Å². The molecule has 1 aliphatic carbocycles. The van der Waals surface area contributed by atoms with Gasteiger partial charge in [-0.3, -0.25) is 24.2 Å². The van der Waals surface area contributed by atoms with Gasteiger partial charge in [0, 0.05) is 56.3 Å². The minimum absolute atomic E-state index is 0.0237. The number of carbonyl (C=O) groups is 4. The number of hydrogen-bond acceptors (Lipinski definition) is 13. The Hall–Kier alpha value is -6.82. The van der Waals surface area contributed by atoms with Crippen molar-refractivity contribution in [1.29, 1.82) is 0 Å². The third kappa shape index (κ3) is 8.36. The molecule has 4 unspecified atom stereocenters. The lowest BCUT2D eigenvalue weighted by Crippen LogP contribution is -2.60. The SMILES string of the molecule is C=CC(=O)N(C1CNc2c(sc3ccc4nc(Nc5ccccc5NC(=O)C=CCN(C)C)ccc4c23)C(=O)N1)C1CCCC1NC(=O)c1ccc2sc3c(c2c1)NCC(C)N=C3N. The average molecular weight is 896 g/mol. The fraction of sp³-hybridized carbons (Fsp3) is 0.277. The minimum atomic E-state index is -0.735. The van der Waals surface area contributed by atoms with Crippen molar-refractivity contribution in [2.75, 3.05) is 55.0 Å². The molecule has 15 nitrogen and oxygen atoms in total. The molecule has 17 heteroatoms. The Labute approximate surface area is 377 Å². The zero-order chi connectivity index (χ0) is 44.6. The number of anilines is 5. The number of nitrogens with one attached hydrogen (secondary N) is 6. The van der Waals surface area contributed by atoms with E-state index in [1.807, 2.05) is 92.6 Å². The summed E-state index contributed by atoms with van der Waals surface area (Å²) in [5.74, 6) is -0.0635. The van der Waals surface area contributed by atoms with E-state index < -0.39 is 12.2 Å². The van der Waals surface area contributed by atoms with E-state index in [1.54, 1.807) is 22.3 Å². The first kappa shape index (κ1) is 42.5. The first-order valence-electron chi connectivity index (χ1n) is 21.2. The molecule has 8 N–H and O–H groups in total. The van der Waals surface area contributed by atoms with E-state index in [2.05, 4.69) is 43.5 Å². The van der Waals surface area contributed by atoms with E-state index in [4.69, 9.17) is 10.7 Å². The molecule has 3 aromatic heterocycles. The number of nitrogens with zero attached hydrogens (tertiary/aromatic N) is 4. The number of pyridine rings is 1. The summed E-state index contributed by atoms with van der Waals surface area (Å²) in [5.41, 5.74) is 10.4. The number of carbonyl (C=O) groups excluding carboxylic acids is 4. The maximum absolute atomic E-state index is 14.1. The smallest absolute Gasteiger partial charge is 0.265 e. The van der Waals surface area contributed by atoms with Gasteiger partial charge >= 0.3 is 0 Å². The molecule has 4 amide bonds. The number of rotatable bonds is 11. The van der Waals surface area contributed by atoms with E-state index in [-0.39, 0.29) is 42.3 Å². The van der Waals surface area contributed by atoms with Crippen LogP contribution in [0.3, 0.4) is 0 Å². The second kappa shape index (κ2) is 17.7. The van der Waals surface area contributed by atoms with Gasteiger partial charge in [0.15, 0.2) is 0 Å². The van der Waals surface area contributed by atoms with Crippen molar-refractivity contribution < 1.29 is 19.2 Å². The Bertz CT molecular complexity index is 2920. The zero-order valence-electron chi connectivity index (χ0n) is 35.7. The van der Waals surface area contributed by atoms with Crippen molar-refractivity contribution >= 4 is 112 Å². The molecule has 0 saturated heterocycles. The van der Waals surface area contributed by atoms with Gasteiger partial charge in [-0.15, -0.1) is 22.7 Å². The zero-order valence-corrected chi connectivity index (χ0v) is 37.3. The van der Waals surface area contributed by atoms with Crippen LogP contribution in [0.15, 0.2) is 96.5 Å².